The molecule has 3 heterocycles. The molecular formula is C23H27ClFN5O. The van der Waals surface area contributed by atoms with Gasteiger partial charge in [-0.15, -0.1) is 0 Å². The molecule has 2 aromatic heterocycles. The third-order valence-electron chi connectivity index (χ3n) is 5.22. The lowest BCUT2D eigenvalue weighted by Crippen LogP contribution is -2.46. The molecule has 8 heteroatoms. The molecule has 1 saturated heterocycles. The number of benzene rings is 1. The maximum atomic E-state index is 14.1. The van der Waals surface area contributed by atoms with Gasteiger partial charge in [0, 0.05) is 46.7 Å². The van der Waals surface area contributed by atoms with Crippen molar-refractivity contribution in [3.8, 4) is 0 Å². The van der Waals surface area contributed by atoms with Gasteiger partial charge in [-0.25, -0.2) is 14.4 Å². The Balaban J connectivity index is 0.00000193. The average Bonchev–Trinajstić information content (AvgIpc) is 2.78. The predicted molar refractivity (Wildman–Crippen MR) is 127 cm³/mol. The van der Waals surface area contributed by atoms with Crippen LogP contribution in [0.2, 0.25) is 5.02 Å². The highest BCUT2D eigenvalue weighted by Gasteiger charge is 2.25. The van der Waals surface area contributed by atoms with Gasteiger partial charge in [-0.1, -0.05) is 30.3 Å². The molecule has 31 heavy (non-hydrogen) atoms. The summed E-state index contributed by atoms with van der Waals surface area (Å²) in [5.41, 5.74) is 7.09. The Bertz CT molecular complexity index is 1170. The number of anilines is 2. The van der Waals surface area contributed by atoms with Crippen molar-refractivity contribution in [2.24, 2.45) is 0 Å². The molecule has 0 saturated carbocycles. The molecule has 0 bridgehead atoms. The summed E-state index contributed by atoms with van der Waals surface area (Å²) in [5, 5.41) is 4.14. The Hall–Kier alpha value is -3.29. The third-order valence-corrected chi connectivity index (χ3v) is 5.46. The zero-order valence-corrected chi connectivity index (χ0v) is 17.4. The van der Waals surface area contributed by atoms with Gasteiger partial charge in [0.1, 0.15) is 23.2 Å². The number of nitrogens with two attached hydrogens (primary N) is 1. The van der Waals surface area contributed by atoms with Gasteiger partial charge >= 0.3 is 0 Å². The van der Waals surface area contributed by atoms with Gasteiger partial charge in [0.2, 0.25) is 5.78 Å². The normalized spacial score (nSPS) is 16.2. The Labute approximate surface area is 189 Å². The molecule has 1 unspecified atom stereocenters. The van der Waals surface area contributed by atoms with Crippen molar-refractivity contribution >= 4 is 34.8 Å². The third kappa shape index (κ3) is 4.42. The number of nitrogens with one attached hydrogen (secondary N) is 1. The van der Waals surface area contributed by atoms with Gasteiger partial charge in [0.15, 0.2) is 0 Å². The topological polar surface area (TPSA) is 84.1 Å². The van der Waals surface area contributed by atoms with Crippen LogP contribution in [0.3, 0.4) is 0 Å². The lowest BCUT2D eigenvalue weighted by Gasteiger charge is -2.35. The van der Waals surface area contributed by atoms with Gasteiger partial charge in [0.25, 0.3) is 0 Å². The number of nitrogens with zero attached hydrogens (tertiary/aromatic N) is 3. The number of hydrogen-bond acceptors (Lipinski definition) is 6. The first-order chi connectivity index (χ1) is 14.9. The second-order valence-corrected chi connectivity index (χ2v) is 7.68. The molecular weight excluding hydrogens is 417 g/mol. The summed E-state index contributed by atoms with van der Waals surface area (Å²) >= 11 is 6.14. The number of carbonyl (C=O) groups excluding carboxylic acids is 1. The van der Waals surface area contributed by atoms with Crippen LogP contribution in [0.15, 0.2) is 61.3 Å². The average molecular weight is 444 g/mol. The van der Waals surface area contributed by atoms with Crippen LogP contribution in [0, 0.1) is 0 Å². The van der Waals surface area contributed by atoms with E-state index in [2.05, 4.69) is 26.8 Å². The monoisotopic (exact) mass is 443 g/mol. The van der Waals surface area contributed by atoms with E-state index >= 15 is 0 Å². The second kappa shape index (κ2) is 8.83. The zero-order chi connectivity index (χ0) is 22.0. The molecule has 1 aliphatic rings. The maximum Gasteiger partial charge on any atom is 0.215 e. The predicted octanol–water partition coefficient (Wildman–Crippen LogP) is 4.77. The van der Waals surface area contributed by atoms with E-state index in [1.54, 1.807) is 18.2 Å². The molecule has 6 nitrogen and oxygen atoms in total. The van der Waals surface area contributed by atoms with E-state index in [4.69, 9.17) is 17.3 Å². The molecule has 3 aromatic rings. The first-order valence-corrected chi connectivity index (χ1v) is 10.2. The molecule has 1 aromatic carbocycles. The summed E-state index contributed by atoms with van der Waals surface area (Å²) in [4.78, 5) is 23.6. The lowest BCUT2D eigenvalue weighted by atomic mass is 10.0. The van der Waals surface area contributed by atoms with Crippen molar-refractivity contribution in [1.29, 1.82) is 0 Å². The molecule has 0 aliphatic carbocycles. The highest BCUT2D eigenvalue weighted by atomic mass is 35.5. The molecule has 3 N–H and O–H groups in total. The molecule has 1 atom stereocenters. The summed E-state index contributed by atoms with van der Waals surface area (Å²) in [7, 11) is 0. The molecule has 0 radical (unpaired) electrons. The number of halogens is 2. The number of piperazine rings is 1. The van der Waals surface area contributed by atoms with E-state index in [1.807, 2.05) is 24.3 Å². The Morgan fingerprint density at radius 2 is 2.10 bits per heavy atom. The smallest absolute Gasteiger partial charge is 0.215 e. The second-order valence-electron chi connectivity index (χ2n) is 7.24. The van der Waals surface area contributed by atoms with Crippen LogP contribution in [0.5, 0.6) is 0 Å². The quantitative estimate of drug-likeness (QED) is 0.552. The minimum absolute atomic E-state index is 0. The highest BCUT2D eigenvalue weighted by molar-refractivity contribution is 6.30. The van der Waals surface area contributed by atoms with Crippen LogP contribution in [-0.2, 0) is 0 Å². The van der Waals surface area contributed by atoms with Gasteiger partial charge in [-0.05, 0) is 42.0 Å². The highest BCUT2D eigenvalue weighted by Crippen LogP contribution is 2.27. The van der Waals surface area contributed by atoms with Gasteiger partial charge in [-0.2, -0.15) is 0 Å². The van der Waals surface area contributed by atoms with Crippen LogP contribution >= 0.6 is 11.6 Å². The fraction of sp³-hybridized carbons (Fsp3) is 0.174. The minimum Gasteiger partial charge on any atom is -0.383 e. The summed E-state index contributed by atoms with van der Waals surface area (Å²) in [5.74, 6) is -0.590. The largest absolute Gasteiger partial charge is 0.383 e. The zero-order valence-electron chi connectivity index (χ0n) is 16.7. The van der Waals surface area contributed by atoms with Gasteiger partial charge in [-0.3, -0.25) is 4.79 Å². The molecule has 0 spiro atoms. The fourth-order valence-electron chi connectivity index (χ4n) is 3.66. The SMILES string of the molecule is C=C(F)c1ccc(N2CCNC(c3cccc(Cl)c3)C2)nc1C(=O)c1cccnc1N.[HH].[HH].[HH]. The van der Waals surface area contributed by atoms with E-state index < -0.39 is 11.6 Å². The van der Waals surface area contributed by atoms with Gasteiger partial charge < -0.3 is 16.0 Å². The standard InChI is InChI=1S/C23H21ClFN5O.3H2/c1-14(25)17-7-8-20(29-21(17)22(31)18-6-3-9-28-23(18)26)30-11-10-27-19(13-30)15-4-2-5-16(24)12-15;;;/h2-9,12,19,27H,1,10-11,13H2,(H2,26,28);3*1H. The molecule has 0 amide bonds. The number of carbonyl (C=O) groups is 1. The number of rotatable bonds is 5. The molecule has 164 valence electrons. The fourth-order valence-corrected chi connectivity index (χ4v) is 3.86. The van der Waals surface area contributed by atoms with Crippen molar-refractivity contribution in [3.63, 3.8) is 0 Å². The Kier molecular flexibility index (Phi) is 5.97. The number of pyridine rings is 2. The van der Waals surface area contributed by atoms with E-state index in [-0.39, 0.29) is 33.0 Å². The van der Waals surface area contributed by atoms with E-state index in [0.717, 1.165) is 12.1 Å². The van der Waals surface area contributed by atoms with Crippen molar-refractivity contribution in [2.75, 3.05) is 30.3 Å². The van der Waals surface area contributed by atoms with Crippen LogP contribution in [0.1, 0.15) is 37.5 Å². The van der Waals surface area contributed by atoms with Crippen LogP contribution in [0.4, 0.5) is 16.0 Å². The van der Waals surface area contributed by atoms with Crippen LogP contribution in [-0.4, -0.2) is 35.4 Å². The molecule has 1 aliphatic heterocycles. The molecule has 1 fully saturated rings. The van der Waals surface area contributed by atoms with Crippen molar-refractivity contribution in [2.45, 2.75) is 6.04 Å². The number of hydrogen-bond donors (Lipinski definition) is 2. The van der Waals surface area contributed by atoms with Gasteiger partial charge in [0.05, 0.1) is 5.56 Å². The van der Waals surface area contributed by atoms with Crippen molar-refractivity contribution in [3.05, 3.63) is 88.7 Å². The first kappa shape index (κ1) is 21.0. The Morgan fingerprint density at radius 1 is 1.26 bits per heavy atom. The first-order valence-electron chi connectivity index (χ1n) is 9.79. The summed E-state index contributed by atoms with van der Waals surface area (Å²) in [6.45, 7) is 5.36. The lowest BCUT2D eigenvalue weighted by molar-refractivity contribution is 0.103. The number of ketones is 1. The minimum atomic E-state index is -0.734. The maximum absolute atomic E-state index is 14.1. The van der Waals surface area contributed by atoms with Crippen molar-refractivity contribution in [1.82, 2.24) is 15.3 Å². The van der Waals surface area contributed by atoms with Crippen LogP contribution in [0.25, 0.3) is 5.83 Å². The summed E-state index contributed by atoms with van der Waals surface area (Å²) in [6.07, 6.45) is 1.49. The number of aromatic nitrogens is 2. The van der Waals surface area contributed by atoms with E-state index in [1.165, 1.54) is 12.3 Å². The Morgan fingerprint density at radius 3 is 2.84 bits per heavy atom. The van der Waals surface area contributed by atoms with E-state index in [0.29, 0.717) is 23.9 Å². The summed E-state index contributed by atoms with van der Waals surface area (Å²) < 4.78 is 14.1. The van der Waals surface area contributed by atoms with E-state index in [9.17, 15) is 9.18 Å². The molecule has 4 rings (SSSR count). The van der Waals surface area contributed by atoms with Crippen molar-refractivity contribution < 1.29 is 13.5 Å². The summed E-state index contributed by atoms with van der Waals surface area (Å²) in [6, 6.07) is 14.1. The van der Waals surface area contributed by atoms with Crippen LogP contribution < -0.4 is 16.0 Å². The number of nitrogen functional groups attached to an aromatic ring is 1.